The SMILES string of the molecule is C[C@H](O)c1ccc(C#Cc2cccs2)s1. The van der Waals surface area contributed by atoms with Gasteiger partial charge in [0.05, 0.1) is 15.9 Å². The van der Waals surface area contributed by atoms with Crippen molar-refractivity contribution in [1.82, 2.24) is 0 Å². The van der Waals surface area contributed by atoms with Gasteiger partial charge in [0.25, 0.3) is 0 Å². The molecule has 2 rings (SSSR count). The van der Waals surface area contributed by atoms with Crippen molar-refractivity contribution in [3.8, 4) is 11.8 Å². The molecule has 0 aromatic carbocycles. The van der Waals surface area contributed by atoms with E-state index in [0.717, 1.165) is 14.6 Å². The lowest BCUT2D eigenvalue weighted by Gasteiger charge is -1.95. The molecule has 2 aromatic heterocycles. The molecule has 0 fully saturated rings. The molecule has 0 saturated carbocycles. The van der Waals surface area contributed by atoms with Crippen molar-refractivity contribution in [1.29, 1.82) is 0 Å². The average molecular weight is 234 g/mol. The standard InChI is InChI=1S/C12H10OS2/c1-9(13)12-7-6-11(15-12)5-4-10-3-2-8-14-10/h2-3,6-9,13H,1H3/t9-/m0/s1. The number of thiophene rings is 2. The van der Waals surface area contributed by atoms with E-state index in [1.54, 1.807) is 29.6 Å². The minimum atomic E-state index is -0.396. The number of rotatable bonds is 1. The zero-order valence-electron chi connectivity index (χ0n) is 8.23. The van der Waals surface area contributed by atoms with Crippen molar-refractivity contribution in [3.63, 3.8) is 0 Å². The van der Waals surface area contributed by atoms with Crippen LogP contribution in [-0.4, -0.2) is 5.11 Å². The highest BCUT2D eigenvalue weighted by Gasteiger charge is 2.02. The lowest BCUT2D eigenvalue weighted by atomic mass is 10.3. The van der Waals surface area contributed by atoms with Gasteiger partial charge in [-0.25, -0.2) is 0 Å². The molecule has 1 N–H and O–H groups in total. The molecule has 0 spiro atoms. The van der Waals surface area contributed by atoms with Gasteiger partial charge in [-0.3, -0.25) is 0 Å². The molecule has 0 bridgehead atoms. The third-order valence-electron chi connectivity index (χ3n) is 1.87. The van der Waals surface area contributed by atoms with E-state index in [1.165, 1.54) is 0 Å². The van der Waals surface area contributed by atoms with Crippen LogP contribution in [0.3, 0.4) is 0 Å². The van der Waals surface area contributed by atoms with Gasteiger partial charge in [0.1, 0.15) is 0 Å². The molecular weight excluding hydrogens is 224 g/mol. The summed E-state index contributed by atoms with van der Waals surface area (Å²) in [5.74, 6) is 6.18. The second-order valence-corrected chi connectivity index (χ2v) is 5.17. The molecule has 0 unspecified atom stereocenters. The van der Waals surface area contributed by atoms with E-state index in [1.807, 2.05) is 29.6 Å². The Kier molecular flexibility index (Phi) is 3.22. The first-order valence-corrected chi connectivity index (χ1v) is 6.28. The van der Waals surface area contributed by atoms with Gasteiger partial charge in [-0.15, -0.1) is 22.7 Å². The minimum absolute atomic E-state index is 0.396. The summed E-state index contributed by atoms with van der Waals surface area (Å²) in [6, 6.07) is 7.87. The Labute approximate surface area is 97.0 Å². The summed E-state index contributed by atoms with van der Waals surface area (Å²) >= 11 is 3.18. The Morgan fingerprint density at radius 1 is 1.20 bits per heavy atom. The van der Waals surface area contributed by atoms with Crippen LogP contribution in [0, 0.1) is 11.8 Å². The largest absolute Gasteiger partial charge is 0.388 e. The molecule has 3 heteroatoms. The second-order valence-electron chi connectivity index (χ2n) is 3.11. The monoisotopic (exact) mass is 234 g/mol. The Balaban J connectivity index is 2.17. The first-order chi connectivity index (χ1) is 7.25. The quantitative estimate of drug-likeness (QED) is 0.751. The Hall–Kier alpha value is -1.08. The molecule has 76 valence electrons. The smallest absolute Gasteiger partial charge is 0.0854 e. The first kappa shape index (κ1) is 10.4. The molecule has 0 saturated heterocycles. The van der Waals surface area contributed by atoms with Gasteiger partial charge < -0.3 is 5.11 Å². The summed E-state index contributed by atoms with van der Waals surface area (Å²) < 4.78 is 0. The average Bonchev–Trinajstić information content (AvgIpc) is 2.86. The molecular formula is C12H10OS2. The predicted molar refractivity (Wildman–Crippen MR) is 65.3 cm³/mol. The van der Waals surface area contributed by atoms with Gasteiger partial charge in [-0.05, 0) is 42.3 Å². The van der Waals surface area contributed by atoms with Crippen LogP contribution in [-0.2, 0) is 0 Å². The summed E-state index contributed by atoms with van der Waals surface area (Å²) in [7, 11) is 0. The maximum absolute atomic E-state index is 9.35. The number of aliphatic hydroxyl groups excluding tert-OH is 1. The predicted octanol–water partition coefficient (Wildman–Crippen LogP) is 3.26. The Morgan fingerprint density at radius 2 is 2.00 bits per heavy atom. The van der Waals surface area contributed by atoms with Crippen molar-refractivity contribution in [3.05, 3.63) is 44.3 Å². The molecule has 2 aromatic rings. The first-order valence-electron chi connectivity index (χ1n) is 4.59. The second kappa shape index (κ2) is 4.63. The van der Waals surface area contributed by atoms with E-state index >= 15 is 0 Å². The molecule has 2 heterocycles. The minimum Gasteiger partial charge on any atom is -0.388 e. The van der Waals surface area contributed by atoms with E-state index in [-0.39, 0.29) is 0 Å². The zero-order chi connectivity index (χ0) is 10.7. The van der Waals surface area contributed by atoms with E-state index in [2.05, 4.69) is 11.8 Å². The van der Waals surface area contributed by atoms with Crippen molar-refractivity contribution in [2.24, 2.45) is 0 Å². The molecule has 15 heavy (non-hydrogen) atoms. The highest BCUT2D eigenvalue weighted by molar-refractivity contribution is 7.12. The molecule has 0 aliphatic heterocycles. The lowest BCUT2D eigenvalue weighted by molar-refractivity contribution is 0.203. The van der Waals surface area contributed by atoms with Crippen LogP contribution in [0.25, 0.3) is 0 Å². The van der Waals surface area contributed by atoms with Crippen LogP contribution in [0.15, 0.2) is 29.6 Å². The van der Waals surface area contributed by atoms with Crippen molar-refractivity contribution in [2.75, 3.05) is 0 Å². The van der Waals surface area contributed by atoms with Crippen molar-refractivity contribution in [2.45, 2.75) is 13.0 Å². The maximum atomic E-state index is 9.35. The van der Waals surface area contributed by atoms with Crippen LogP contribution >= 0.6 is 22.7 Å². The van der Waals surface area contributed by atoms with Crippen LogP contribution in [0.5, 0.6) is 0 Å². The van der Waals surface area contributed by atoms with Crippen LogP contribution in [0.1, 0.15) is 27.7 Å². The third kappa shape index (κ3) is 2.69. The van der Waals surface area contributed by atoms with Crippen LogP contribution in [0.2, 0.25) is 0 Å². The molecule has 0 aliphatic rings. The van der Waals surface area contributed by atoms with E-state index in [9.17, 15) is 5.11 Å². The Morgan fingerprint density at radius 3 is 2.60 bits per heavy atom. The van der Waals surface area contributed by atoms with E-state index < -0.39 is 6.10 Å². The summed E-state index contributed by atoms with van der Waals surface area (Å²) in [5, 5.41) is 11.4. The lowest BCUT2D eigenvalue weighted by Crippen LogP contribution is -1.83. The van der Waals surface area contributed by atoms with Gasteiger partial charge in [-0.1, -0.05) is 6.07 Å². The molecule has 0 radical (unpaired) electrons. The molecule has 0 aliphatic carbocycles. The van der Waals surface area contributed by atoms with E-state index in [4.69, 9.17) is 0 Å². The summed E-state index contributed by atoms with van der Waals surface area (Å²) in [6.45, 7) is 1.77. The fraction of sp³-hybridized carbons (Fsp3) is 0.167. The van der Waals surface area contributed by atoms with E-state index in [0.29, 0.717) is 0 Å². The van der Waals surface area contributed by atoms with Gasteiger partial charge in [-0.2, -0.15) is 0 Å². The highest BCUT2D eigenvalue weighted by Crippen LogP contribution is 2.22. The molecule has 0 amide bonds. The third-order valence-corrected chi connectivity index (χ3v) is 3.82. The summed E-state index contributed by atoms with van der Waals surface area (Å²) in [4.78, 5) is 3.03. The van der Waals surface area contributed by atoms with Gasteiger partial charge >= 0.3 is 0 Å². The normalized spacial score (nSPS) is 11.9. The number of hydrogen-bond donors (Lipinski definition) is 1. The van der Waals surface area contributed by atoms with Gasteiger partial charge in [0.2, 0.25) is 0 Å². The van der Waals surface area contributed by atoms with Gasteiger partial charge in [0.15, 0.2) is 0 Å². The Bertz CT molecular complexity index is 483. The number of aliphatic hydroxyl groups is 1. The zero-order valence-corrected chi connectivity index (χ0v) is 9.86. The highest BCUT2D eigenvalue weighted by atomic mass is 32.1. The van der Waals surface area contributed by atoms with Crippen molar-refractivity contribution < 1.29 is 5.11 Å². The summed E-state index contributed by atoms with van der Waals surface area (Å²) in [5.41, 5.74) is 0. The van der Waals surface area contributed by atoms with Crippen LogP contribution < -0.4 is 0 Å². The number of hydrogen-bond acceptors (Lipinski definition) is 3. The van der Waals surface area contributed by atoms with Crippen molar-refractivity contribution >= 4 is 22.7 Å². The molecule has 1 atom stereocenters. The molecule has 1 nitrogen and oxygen atoms in total. The van der Waals surface area contributed by atoms with Crippen LogP contribution in [0.4, 0.5) is 0 Å². The summed E-state index contributed by atoms with van der Waals surface area (Å²) in [6.07, 6.45) is -0.396. The van der Waals surface area contributed by atoms with Gasteiger partial charge in [0, 0.05) is 4.88 Å². The maximum Gasteiger partial charge on any atom is 0.0854 e. The fourth-order valence-corrected chi connectivity index (χ4v) is 2.49. The fourth-order valence-electron chi connectivity index (χ4n) is 1.12. The topological polar surface area (TPSA) is 20.2 Å².